The van der Waals surface area contributed by atoms with E-state index in [-0.39, 0.29) is 0 Å². The molecule has 0 amide bonds. The van der Waals surface area contributed by atoms with Crippen molar-refractivity contribution in [2.75, 3.05) is 0 Å². The molecule has 0 N–H and O–H groups in total. The summed E-state index contributed by atoms with van der Waals surface area (Å²) < 4.78 is 0. The van der Waals surface area contributed by atoms with Crippen molar-refractivity contribution in [1.82, 2.24) is 0 Å². The first kappa shape index (κ1) is 17.1. The third kappa shape index (κ3) is 178. The molecule has 0 saturated carbocycles. The molecule has 0 rings (SSSR count). The second-order valence-electron chi connectivity index (χ2n) is 0.271. The molecule has 64 valence electrons. The Kier molecular flexibility index (Phi) is 23.8. The number of hydrogen-bond acceptors (Lipinski definition) is 0. The van der Waals surface area contributed by atoms with Gasteiger partial charge in [-0.3, -0.25) is 0 Å². The molecule has 0 aromatic rings. The predicted octanol–water partition coefficient (Wildman–Crippen LogP) is 4.44. The van der Waals surface area contributed by atoms with Crippen molar-refractivity contribution in [3.8, 4) is 0 Å². The molecule has 0 aliphatic carbocycles. The molecule has 0 aliphatic rings. The van der Waals surface area contributed by atoms with E-state index in [1.807, 2.05) is 0 Å². The van der Waals surface area contributed by atoms with Gasteiger partial charge in [0.25, 0.3) is 0 Å². The Labute approximate surface area is 76.7 Å². The van der Waals surface area contributed by atoms with Gasteiger partial charge >= 0.3 is 49.6 Å². The summed E-state index contributed by atoms with van der Waals surface area (Å²) in [6.45, 7) is 10.0. The van der Waals surface area contributed by atoms with E-state index in [4.69, 9.17) is 37.7 Å². The summed E-state index contributed by atoms with van der Waals surface area (Å²) in [4.78, 5) is 0. The van der Waals surface area contributed by atoms with Crippen LogP contribution in [0.3, 0.4) is 0 Å². The van der Waals surface area contributed by atoms with Crippen LogP contribution in [0.5, 0.6) is 0 Å². The molecule has 0 unspecified atom stereocenters. The molecule has 0 atom stereocenters. The summed E-state index contributed by atoms with van der Waals surface area (Å²) in [5.74, 6) is 0. The minimum atomic E-state index is -3.06. The first-order valence-corrected chi connectivity index (χ1v) is 13.2. The van der Waals surface area contributed by atoms with E-state index in [0.29, 0.717) is 0 Å². The normalized spacial score (nSPS) is 9.78. The first-order chi connectivity index (χ1) is 4.00. The van der Waals surface area contributed by atoms with E-state index in [1.165, 1.54) is 0 Å². The van der Waals surface area contributed by atoms with E-state index in [0.717, 1.165) is 0 Å². The van der Waals surface area contributed by atoms with Gasteiger partial charge in [0.2, 0.25) is 0 Å². The minimum absolute atomic E-state index is 1.75. The summed E-state index contributed by atoms with van der Waals surface area (Å²) in [5, 5.41) is 0. The van der Waals surface area contributed by atoms with E-state index < -0.39 is 11.9 Å². The van der Waals surface area contributed by atoms with Crippen LogP contribution in [0.2, 0.25) is 0 Å². The molecule has 0 saturated heterocycles. The molecule has 5 heteroatoms. The number of halogens is 4. The standard InChI is InChI=1S/2C2H5.4ClH.Pt/c2*1-2;;;;;/h2*1H2,2H3;4*1H;/q2*-1;;;;;+6/p-4. The van der Waals surface area contributed by atoms with Crippen molar-refractivity contribution >= 4 is 37.7 Å². The zero-order valence-corrected chi connectivity index (χ0v) is 10.5. The number of hydrogen-bond donors (Lipinski definition) is 0. The fourth-order valence-electron chi connectivity index (χ4n) is 0. The third-order valence-corrected chi connectivity index (χ3v) is 0. The molecule has 0 spiro atoms. The third-order valence-electron chi connectivity index (χ3n) is 0. The summed E-state index contributed by atoms with van der Waals surface area (Å²) in [7, 11) is 20.0. The molecule has 0 bridgehead atoms. The van der Waals surface area contributed by atoms with Crippen LogP contribution in [0, 0.1) is 13.8 Å². The van der Waals surface area contributed by atoms with Gasteiger partial charge in [-0.05, 0) is 0 Å². The van der Waals surface area contributed by atoms with Crippen LogP contribution in [-0.2, 0) is 11.9 Å². The maximum atomic E-state index is 5.01. The first-order valence-electron chi connectivity index (χ1n) is 1.89. The van der Waals surface area contributed by atoms with Crippen LogP contribution in [0.4, 0.5) is 0 Å². The molecule has 0 aromatic carbocycles. The maximum absolute atomic E-state index is 5.01. The Hall–Kier alpha value is 1.85. The quantitative estimate of drug-likeness (QED) is 0.533. The van der Waals surface area contributed by atoms with Gasteiger partial charge in [0.1, 0.15) is 0 Å². The second kappa shape index (κ2) is 12.5. The number of rotatable bonds is 0. The topological polar surface area (TPSA) is 0 Å². The van der Waals surface area contributed by atoms with Crippen molar-refractivity contribution in [1.29, 1.82) is 0 Å². The average molecular weight is 395 g/mol. The molecular weight excluding hydrogens is 385 g/mol. The molecule has 0 aromatic heterocycles. The van der Waals surface area contributed by atoms with Crippen molar-refractivity contribution in [3.05, 3.63) is 13.8 Å². The zero-order valence-electron chi connectivity index (χ0n) is 5.24. The Morgan fingerprint density at radius 3 is 0.778 bits per heavy atom. The Morgan fingerprint density at radius 2 is 0.778 bits per heavy atom. The van der Waals surface area contributed by atoms with Crippen molar-refractivity contribution in [2.45, 2.75) is 13.8 Å². The Bertz CT molecular complexity index is 28.0. The molecule has 0 nitrogen and oxygen atoms in total. The van der Waals surface area contributed by atoms with Gasteiger partial charge in [-0.2, -0.15) is 13.8 Å². The van der Waals surface area contributed by atoms with Crippen LogP contribution in [0.1, 0.15) is 13.8 Å². The summed E-state index contributed by atoms with van der Waals surface area (Å²) in [5.41, 5.74) is 0. The van der Waals surface area contributed by atoms with Crippen molar-refractivity contribution < 1.29 is 11.9 Å². The van der Waals surface area contributed by atoms with Gasteiger partial charge in [-0.1, -0.05) is 0 Å². The van der Waals surface area contributed by atoms with Gasteiger partial charge in [0, 0.05) is 0 Å². The van der Waals surface area contributed by atoms with Gasteiger partial charge in [-0.25, -0.2) is 0 Å². The van der Waals surface area contributed by atoms with E-state index in [9.17, 15) is 0 Å². The van der Waals surface area contributed by atoms with Crippen LogP contribution >= 0.6 is 37.7 Å². The van der Waals surface area contributed by atoms with Crippen LogP contribution < -0.4 is 0 Å². The van der Waals surface area contributed by atoms with Gasteiger partial charge in [0.05, 0.1) is 0 Å². The molecular formula is C4H10Cl4Pt. The van der Waals surface area contributed by atoms with E-state index >= 15 is 0 Å². The molecule has 9 heavy (non-hydrogen) atoms. The van der Waals surface area contributed by atoms with E-state index in [1.54, 1.807) is 13.8 Å². The Balaban J connectivity index is -0.0000000771. The predicted molar refractivity (Wildman–Crippen MR) is 45.5 cm³/mol. The second-order valence-corrected chi connectivity index (χ2v) is 20.0. The fraction of sp³-hybridized carbons (Fsp3) is 0.500. The fourth-order valence-corrected chi connectivity index (χ4v) is 0. The molecule has 0 heterocycles. The van der Waals surface area contributed by atoms with E-state index in [2.05, 4.69) is 13.8 Å². The SMILES string of the molecule is [CH2-]C.[CH2-]C.[Cl][Pt+2]([Cl])([Cl])[Cl]. The van der Waals surface area contributed by atoms with Gasteiger partial charge in [0.15, 0.2) is 0 Å². The van der Waals surface area contributed by atoms with Crippen LogP contribution in [0.15, 0.2) is 0 Å². The Morgan fingerprint density at radius 1 is 0.778 bits per heavy atom. The average Bonchev–Trinajstić information content (AvgIpc) is 1.72. The summed E-state index contributed by atoms with van der Waals surface area (Å²) >= 11 is -3.06. The molecule has 0 fully saturated rings. The van der Waals surface area contributed by atoms with Crippen molar-refractivity contribution in [3.63, 3.8) is 0 Å². The zero-order chi connectivity index (χ0) is 8.50. The van der Waals surface area contributed by atoms with Crippen LogP contribution in [0.25, 0.3) is 0 Å². The molecule has 0 radical (unpaired) electrons. The van der Waals surface area contributed by atoms with Gasteiger partial charge < -0.3 is 13.8 Å². The summed E-state index contributed by atoms with van der Waals surface area (Å²) in [6.07, 6.45) is 0. The monoisotopic (exact) mass is 393 g/mol. The van der Waals surface area contributed by atoms with Crippen molar-refractivity contribution in [2.24, 2.45) is 0 Å². The van der Waals surface area contributed by atoms with Gasteiger partial charge in [-0.15, -0.1) is 0 Å². The summed E-state index contributed by atoms with van der Waals surface area (Å²) in [6, 6.07) is 0. The molecule has 0 aliphatic heterocycles. The van der Waals surface area contributed by atoms with Crippen LogP contribution in [-0.4, -0.2) is 0 Å².